The summed E-state index contributed by atoms with van der Waals surface area (Å²) >= 11 is 0. The minimum absolute atomic E-state index is 0.665. The summed E-state index contributed by atoms with van der Waals surface area (Å²) in [5.41, 5.74) is 2.84. The van der Waals surface area contributed by atoms with Crippen LogP contribution in [0.1, 0.15) is 37.3 Å². The van der Waals surface area contributed by atoms with Crippen molar-refractivity contribution in [3.63, 3.8) is 0 Å². The molecule has 1 fully saturated rings. The molecule has 0 saturated heterocycles. The second-order valence-corrected chi connectivity index (χ2v) is 4.87. The SMILES string of the molecule is Cc1cccc(CCC(C)NC2CC2)c1. The molecule has 0 radical (unpaired) electrons. The topological polar surface area (TPSA) is 12.0 Å². The molecule has 0 spiro atoms. The summed E-state index contributed by atoms with van der Waals surface area (Å²) in [5.74, 6) is 0. The molecule has 0 heterocycles. The lowest BCUT2D eigenvalue weighted by atomic mass is 10.0. The van der Waals surface area contributed by atoms with Gasteiger partial charge in [-0.15, -0.1) is 0 Å². The molecule has 1 unspecified atom stereocenters. The standard InChI is InChI=1S/C14H21N/c1-11-4-3-5-13(10-11)7-6-12(2)15-14-8-9-14/h3-5,10,12,14-15H,6-9H2,1-2H3. The minimum atomic E-state index is 0.665. The zero-order valence-corrected chi connectivity index (χ0v) is 9.79. The Kier molecular flexibility index (Phi) is 3.42. The highest BCUT2D eigenvalue weighted by atomic mass is 15.0. The van der Waals surface area contributed by atoms with Gasteiger partial charge >= 0.3 is 0 Å². The van der Waals surface area contributed by atoms with Gasteiger partial charge in [0, 0.05) is 12.1 Å². The van der Waals surface area contributed by atoms with E-state index >= 15 is 0 Å². The maximum Gasteiger partial charge on any atom is 0.00706 e. The maximum absolute atomic E-state index is 3.64. The highest BCUT2D eigenvalue weighted by molar-refractivity contribution is 5.22. The Balaban J connectivity index is 1.76. The number of hydrogen-bond donors (Lipinski definition) is 1. The first-order chi connectivity index (χ1) is 7.24. The van der Waals surface area contributed by atoms with Crippen molar-refractivity contribution < 1.29 is 0 Å². The summed E-state index contributed by atoms with van der Waals surface area (Å²) in [6.07, 6.45) is 5.21. The van der Waals surface area contributed by atoms with Crippen molar-refractivity contribution in [3.05, 3.63) is 35.4 Å². The third-order valence-electron chi connectivity index (χ3n) is 3.05. The molecule has 1 nitrogen and oxygen atoms in total. The molecule has 1 N–H and O–H groups in total. The van der Waals surface area contributed by atoms with Crippen molar-refractivity contribution in [3.8, 4) is 0 Å². The largest absolute Gasteiger partial charge is 0.311 e. The van der Waals surface area contributed by atoms with Crippen LogP contribution < -0.4 is 5.32 Å². The van der Waals surface area contributed by atoms with E-state index in [-0.39, 0.29) is 0 Å². The van der Waals surface area contributed by atoms with Crippen LogP contribution in [0.25, 0.3) is 0 Å². The van der Waals surface area contributed by atoms with E-state index in [1.165, 1.54) is 36.8 Å². The van der Waals surface area contributed by atoms with Gasteiger partial charge in [-0.2, -0.15) is 0 Å². The Hall–Kier alpha value is -0.820. The number of nitrogens with one attached hydrogen (secondary N) is 1. The monoisotopic (exact) mass is 203 g/mol. The summed E-state index contributed by atoms with van der Waals surface area (Å²) in [6.45, 7) is 4.46. The van der Waals surface area contributed by atoms with Gasteiger partial charge < -0.3 is 5.32 Å². The van der Waals surface area contributed by atoms with Crippen LogP contribution in [0.5, 0.6) is 0 Å². The summed E-state index contributed by atoms with van der Waals surface area (Å²) in [5, 5.41) is 3.64. The molecule has 1 aromatic rings. The van der Waals surface area contributed by atoms with Crippen molar-refractivity contribution in [2.75, 3.05) is 0 Å². The van der Waals surface area contributed by atoms with E-state index in [0.717, 1.165) is 6.04 Å². The molecule has 15 heavy (non-hydrogen) atoms. The number of aryl methyl sites for hydroxylation is 2. The lowest BCUT2D eigenvalue weighted by molar-refractivity contribution is 0.511. The van der Waals surface area contributed by atoms with Crippen molar-refractivity contribution in [1.82, 2.24) is 5.32 Å². The second kappa shape index (κ2) is 4.80. The summed E-state index contributed by atoms with van der Waals surface area (Å²) in [7, 11) is 0. The zero-order chi connectivity index (χ0) is 10.7. The van der Waals surface area contributed by atoms with Crippen LogP contribution >= 0.6 is 0 Å². The first-order valence-electron chi connectivity index (χ1n) is 6.05. The lowest BCUT2D eigenvalue weighted by Crippen LogP contribution is -2.28. The van der Waals surface area contributed by atoms with Crippen molar-refractivity contribution in [2.24, 2.45) is 0 Å². The average molecular weight is 203 g/mol. The normalized spacial score (nSPS) is 17.7. The van der Waals surface area contributed by atoms with Gasteiger partial charge in [0.1, 0.15) is 0 Å². The van der Waals surface area contributed by atoms with Crippen molar-refractivity contribution in [2.45, 2.75) is 51.6 Å². The van der Waals surface area contributed by atoms with E-state index in [2.05, 4.69) is 43.4 Å². The van der Waals surface area contributed by atoms with Crippen LogP contribution in [-0.4, -0.2) is 12.1 Å². The van der Waals surface area contributed by atoms with Gasteiger partial charge in [0.2, 0.25) is 0 Å². The predicted octanol–water partition coefficient (Wildman–Crippen LogP) is 3.07. The molecule has 1 saturated carbocycles. The molecule has 1 aliphatic rings. The second-order valence-electron chi connectivity index (χ2n) is 4.87. The van der Waals surface area contributed by atoms with Crippen LogP contribution in [0.3, 0.4) is 0 Å². The fraction of sp³-hybridized carbons (Fsp3) is 0.571. The first kappa shape index (κ1) is 10.7. The zero-order valence-electron chi connectivity index (χ0n) is 9.79. The maximum atomic E-state index is 3.64. The van der Waals surface area contributed by atoms with Crippen LogP contribution in [0.15, 0.2) is 24.3 Å². The number of hydrogen-bond acceptors (Lipinski definition) is 1. The van der Waals surface area contributed by atoms with Gasteiger partial charge in [-0.1, -0.05) is 29.8 Å². The van der Waals surface area contributed by atoms with E-state index in [1.54, 1.807) is 0 Å². The summed E-state index contributed by atoms with van der Waals surface area (Å²) in [6, 6.07) is 10.3. The smallest absolute Gasteiger partial charge is 0.00706 e. The van der Waals surface area contributed by atoms with Gasteiger partial charge in [-0.3, -0.25) is 0 Å². The third-order valence-corrected chi connectivity index (χ3v) is 3.05. The molecular weight excluding hydrogens is 182 g/mol. The summed E-state index contributed by atoms with van der Waals surface area (Å²) < 4.78 is 0. The van der Waals surface area contributed by atoms with E-state index in [9.17, 15) is 0 Å². The third kappa shape index (κ3) is 3.67. The molecule has 0 bridgehead atoms. The Labute approximate surface area is 92.9 Å². The highest BCUT2D eigenvalue weighted by Crippen LogP contribution is 2.20. The summed E-state index contributed by atoms with van der Waals surface area (Å²) in [4.78, 5) is 0. The van der Waals surface area contributed by atoms with Crippen molar-refractivity contribution in [1.29, 1.82) is 0 Å². The van der Waals surface area contributed by atoms with Gasteiger partial charge in [-0.05, 0) is 45.1 Å². The molecule has 1 aliphatic carbocycles. The van der Waals surface area contributed by atoms with E-state index in [4.69, 9.17) is 0 Å². The van der Waals surface area contributed by atoms with Crippen LogP contribution in [-0.2, 0) is 6.42 Å². The predicted molar refractivity (Wildman–Crippen MR) is 65.1 cm³/mol. The molecule has 0 aromatic heterocycles. The van der Waals surface area contributed by atoms with Gasteiger partial charge in [0.15, 0.2) is 0 Å². The van der Waals surface area contributed by atoms with E-state index in [0.29, 0.717) is 6.04 Å². The highest BCUT2D eigenvalue weighted by Gasteiger charge is 2.22. The average Bonchev–Trinajstić information content (AvgIpc) is 2.99. The van der Waals surface area contributed by atoms with Gasteiger partial charge in [0.25, 0.3) is 0 Å². The first-order valence-corrected chi connectivity index (χ1v) is 6.05. The fourth-order valence-electron chi connectivity index (χ4n) is 1.99. The van der Waals surface area contributed by atoms with Gasteiger partial charge in [-0.25, -0.2) is 0 Å². The number of benzene rings is 1. The quantitative estimate of drug-likeness (QED) is 0.775. The van der Waals surface area contributed by atoms with Crippen LogP contribution in [0.4, 0.5) is 0 Å². The molecule has 2 rings (SSSR count). The van der Waals surface area contributed by atoms with Gasteiger partial charge in [0.05, 0.1) is 0 Å². The Morgan fingerprint density at radius 1 is 1.40 bits per heavy atom. The fourth-order valence-corrected chi connectivity index (χ4v) is 1.99. The molecule has 1 aromatic carbocycles. The molecule has 1 heteroatoms. The molecule has 0 amide bonds. The number of rotatable bonds is 5. The van der Waals surface area contributed by atoms with E-state index < -0.39 is 0 Å². The Morgan fingerprint density at radius 3 is 2.87 bits per heavy atom. The Bertz CT molecular complexity index is 315. The minimum Gasteiger partial charge on any atom is -0.311 e. The molecule has 0 aliphatic heterocycles. The van der Waals surface area contributed by atoms with Crippen LogP contribution in [0, 0.1) is 6.92 Å². The molecule has 82 valence electrons. The molecular formula is C14H21N. The Morgan fingerprint density at radius 2 is 2.20 bits per heavy atom. The molecule has 1 atom stereocenters. The van der Waals surface area contributed by atoms with E-state index in [1.807, 2.05) is 0 Å². The van der Waals surface area contributed by atoms with Crippen molar-refractivity contribution >= 4 is 0 Å². The van der Waals surface area contributed by atoms with Crippen LogP contribution in [0.2, 0.25) is 0 Å². The lowest BCUT2D eigenvalue weighted by Gasteiger charge is -2.12.